The van der Waals surface area contributed by atoms with E-state index in [2.05, 4.69) is 0 Å². The van der Waals surface area contributed by atoms with Crippen molar-refractivity contribution in [3.63, 3.8) is 0 Å². The first kappa shape index (κ1) is 43.8. The smallest absolute Gasteiger partial charge is 0.466 e. The fourth-order valence-corrected chi connectivity index (χ4v) is 11.8. The van der Waals surface area contributed by atoms with Crippen LogP contribution in [0.15, 0.2) is 0 Å². The molecule has 14 heteroatoms. The zero-order valence-corrected chi connectivity index (χ0v) is 32.1. The average molecular weight is 703 g/mol. The van der Waals surface area contributed by atoms with Gasteiger partial charge in [-0.3, -0.25) is 9.59 Å². The molecule has 0 atom stereocenters. The molecule has 0 amide bonds. The first-order valence-corrected chi connectivity index (χ1v) is 22.8. The van der Waals surface area contributed by atoms with Crippen molar-refractivity contribution in [3.8, 4) is 0 Å². The van der Waals surface area contributed by atoms with Gasteiger partial charge in [-0.25, -0.2) is 0 Å². The van der Waals surface area contributed by atoms with Gasteiger partial charge in [-0.05, 0) is 91.6 Å². The van der Waals surface area contributed by atoms with E-state index in [0.717, 1.165) is 73.6 Å². The van der Waals surface area contributed by atoms with Gasteiger partial charge in [0.1, 0.15) is 0 Å². The van der Waals surface area contributed by atoms with E-state index >= 15 is 0 Å². The van der Waals surface area contributed by atoms with Gasteiger partial charge in [-0.1, -0.05) is 0 Å². The van der Waals surface area contributed by atoms with Gasteiger partial charge in [0.15, 0.2) is 0 Å². The fraction of sp³-hybridized carbons (Fsp3) is 0.933. The predicted octanol–water partition coefficient (Wildman–Crippen LogP) is 6.76. The van der Waals surface area contributed by atoms with Gasteiger partial charge < -0.3 is 36.0 Å². The Morgan fingerprint density at radius 1 is 0.455 bits per heavy atom. The summed E-state index contributed by atoms with van der Waals surface area (Å²) in [5, 5.41) is 0. The Kier molecular flexibility index (Phi) is 30.1. The minimum atomic E-state index is -2.58. The van der Waals surface area contributed by atoms with Crippen LogP contribution in [0.1, 0.15) is 92.9 Å². The van der Waals surface area contributed by atoms with Gasteiger partial charge in [0, 0.05) is 63.2 Å². The Bertz CT molecular complexity index is 604. The molecule has 0 rings (SSSR count). The van der Waals surface area contributed by atoms with Crippen LogP contribution in [-0.2, 0) is 45.6 Å². The maximum Gasteiger partial charge on any atom is 0.500 e. The second kappa shape index (κ2) is 30.2. The van der Waals surface area contributed by atoms with Crippen LogP contribution in [0.25, 0.3) is 0 Å². The largest absolute Gasteiger partial charge is 0.500 e. The van der Waals surface area contributed by atoms with E-state index in [0.29, 0.717) is 65.7 Å². The van der Waals surface area contributed by atoms with Gasteiger partial charge >= 0.3 is 29.5 Å². The molecule has 0 N–H and O–H groups in total. The van der Waals surface area contributed by atoms with Gasteiger partial charge in [0.25, 0.3) is 0 Å². The number of unbranched alkanes of at least 4 members (excludes halogenated alkanes) is 3. The molecule has 0 fully saturated rings. The molecule has 0 aliphatic heterocycles. The summed E-state index contributed by atoms with van der Waals surface area (Å²) in [7, 11) is -5.16. The number of ether oxygens (including phenoxy) is 2. The van der Waals surface area contributed by atoms with Crippen molar-refractivity contribution in [2.45, 2.75) is 105 Å². The zero-order valence-electron chi connectivity index (χ0n) is 28.5. The molecule has 0 unspecified atom stereocenters. The van der Waals surface area contributed by atoms with Crippen LogP contribution < -0.4 is 0 Å². The minimum Gasteiger partial charge on any atom is -0.466 e. The second-order valence-electron chi connectivity index (χ2n) is 9.75. The zero-order chi connectivity index (χ0) is 32.8. The number of hydrogen-bond donors (Lipinski definition) is 0. The molecule has 10 nitrogen and oxygen atoms in total. The Morgan fingerprint density at radius 2 is 0.773 bits per heavy atom. The van der Waals surface area contributed by atoms with E-state index in [-0.39, 0.29) is 11.9 Å². The van der Waals surface area contributed by atoms with Crippen molar-refractivity contribution in [3.05, 3.63) is 0 Å². The number of thioether (sulfide) groups is 2. The molecular formula is C30H62O10S2Si2. The number of carbonyl (C=O) groups is 2. The topological polar surface area (TPSA) is 108 Å². The highest BCUT2D eigenvalue weighted by Crippen LogP contribution is 2.21. The predicted molar refractivity (Wildman–Crippen MR) is 184 cm³/mol. The summed E-state index contributed by atoms with van der Waals surface area (Å²) in [5.74, 6) is 3.05. The quantitative estimate of drug-likeness (QED) is 0.0410. The number of rotatable bonds is 33. The van der Waals surface area contributed by atoms with E-state index in [1.165, 1.54) is 0 Å². The van der Waals surface area contributed by atoms with Crippen LogP contribution in [0.2, 0.25) is 12.1 Å². The van der Waals surface area contributed by atoms with Crippen molar-refractivity contribution in [1.29, 1.82) is 0 Å². The molecule has 0 spiro atoms. The lowest BCUT2D eigenvalue weighted by Gasteiger charge is -2.28. The van der Waals surface area contributed by atoms with Crippen LogP contribution in [-0.4, -0.2) is 105 Å². The highest BCUT2D eigenvalue weighted by molar-refractivity contribution is 7.99. The Labute approximate surface area is 278 Å². The standard InChI is InChI=1S/C30H62O10S2Si2/c1-7-35-43(36-8-2,37-9-3)27-17-23-41-25-19-29(31)33-21-15-13-14-16-22-34-30(32)20-26-42-24-18-28-44(38-10-4,39-11-5)40-12-6/h7-28H2,1-6H3. The number of hydrogen-bond acceptors (Lipinski definition) is 12. The van der Waals surface area contributed by atoms with E-state index in [1.807, 2.05) is 41.5 Å². The SMILES string of the molecule is CCO[Si](CCCSCCC(=O)OCCCCCCOC(=O)CCSCCC[Si](OCC)(OCC)OCC)(OCC)OCC. The highest BCUT2D eigenvalue weighted by Gasteiger charge is 2.40. The molecule has 0 saturated carbocycles. The summed E-state index contributed by atoms with van der Waals surface area (Å²) >= 11 is 3.49. The van der Waals surface area contributed by atoms with Crippen molar-refractivity contribution in [2.75, 3.05) is 75.9 Å². The van der Waals surface area contributed by atoms with Gasteiger partial charge in [0.2, 0.25) is 0 Å². The Balaban J connectivity index is 3.73. The fourth-order valence-electron chi connectivity index (χ4n) is 4.37. The highest BCUT2D eigenvalue weighted by atomic mass is 32.2. The third kappa shape index (κ3) is 23.2. The lowest BCUT2D eigenvalue weighted by molar-refractivity contribution is -0.144. The molecular weight excluding hydrogens is 641 g/mol. The van der Waals surface area contributed by atoms with Crippen LogP contribution >= 0.6 is 23.5 Å². The van der Waals surface area contributed by atoms with Crippen molar-refractivity contribution in [2.24, 2.45) is 0 Å². The maximum atomic E-state index is 12.0. The van der Waals surface area contributed by atoms with Gasteiger partial charge in [-0.2, -0.15) is 23.5 Å². The molecule has 0 aromatic heterocycles. The van der Waals surface area contributed by atoms with Crippen LogP contribution in [0.3, 0.4) is 0 Å². The molecule has 0 aromatic carbocycles. The summed E-state index contributed by atoms with van der Waals surface area (Å²) in [6, 6.07) is 1.59. The van der Waals surface area contributed by atoms with Crippen molar-refractivity contribution < 1.29 is 45.6 Å². The molecule has 0 heterocycles. The summed E-state index contributed by atoms with van der Waals surface area (Å²) in [6.45, 7) is 16.2. The van der Waals surface area contributed by atoms with Crippen LogP contribution in [0, 0.1) is 0 Å². The third-order valence-corrected chi connectivity index (χ3v) is 14.6. The van der Waals surface area contributed by atoms with E-state index in [4.69, 9.17) is 36.0 Å². The molecule has 0 saturated heterocycles. The first-order valence-electron chi connectivity index (χ1n) is 16.7. The van der Waals surface area contributed by atoms with E-state index in [9.17, 15) is 9.59 Å². The second-order valence-corrected chi connectivity index (χ2v) is 17.7. The van der Waals surface area contributed by atoms with Crippen molar-refractivity contribution in [1.82, 2.24) is 0 Å². The normalized spacial score (nSPS) is 12.0. The molecule has 0 aliphatic rings. The van der Waals surface area contributed by atoms with Crippen LogP contribution in [0.5, 0.6) is 0 Å². The summed E-state index contributed by atoms with van der Waals surface area (Å²) in [6.07, 6.45) is 6.22. The van der Waals surface area contributed by atoms with Gasteiger partial charge in [-0.15, -0.1) is 0 Å². The first-order chi connectivity index (χ1) is 21.4. The molecule has 0 aliphatic carbocycles. The van der Waals surface area contributed by atoms with Gasteiger partial charge in [0.05, 0.1) is 26.1 Å². The molecule has 262 valence electrons. The summed E-state index contributed by atoms with van der Waals surface area (Å²) in [4.78, 5) is 24.0. The number of esters is 2. The average Bonchev–Trinajstić information content (AvgIpc) is 2.99. The summed E-state index contributed by atoms with van der Waals surface area (Å²) < 4.78 is 46.0. The van der Waals surface area contributed by atoms with E-state index in [1.54, 1.807) is 23.5 Å². The molecule has 0 radical (unpaired) electrons. The molecule has 44 heavy (non-hydrogen) atoms. The molecule has 0 aromatic rings. The van der Waals surface area contributed by atoms with Crippen LogP contribution in [0.4, 0.5) is 0 Å². The Morgan fingerprint density at radius 3 is 1.07 bits per heavy atom. The Hall–Kier alpha value is -0.166. The minimum absolute atomic E-state index is 0.148. The third-order valence-electron chi connectivity index (χ3n) is 6.19. The monoisotopic (exact) mass is 702 g/mol. The van der Waals surface area contributed by atoms with E-state index < -0.39 is 17.6 Å². The maximum absolute atomic E-state index is 12.0. The lowest BCUT2D eigenvalue weighted by Crippen LogP contribution is -2.46. The molecule has 0 bridgehead atoms. The van der Waals surface area contributed by atoms with Crippen molar-refractivity contribution >= 4 is 53.1 Å². The number of carbonyl (C=O) groups excluding carboxylic acids is 2. The summed E-state index contributed by atoms with van der Waals surface area (Å²) in [5.41, 5.74) is 0. The lowest BCUT2D eigenvalue weighted by atomic mass is 10.2.